The molecule has 14 heavy (non-hydrogen) atoms. The molecule has 0 aromatic rings. The Kier molecular flexibility index (Phi) is 3.92. The third kappa shape index (κ3) is 3.01. The van der Waals surface area contributed by atoms with Gasteiger partial charge in [0, 0.05) is 12.5 Å². The zero-order valence-corrected chi connectivity index (χ0v) is 8.80. The Morgan fingerprint density at radius 2 is 2.21 bits per heavy atom. The maximum Gasteiger partial charge on any atom is 0.242 e. The van der Waals surface area contributed by atoms with Crippen molar-refractivity contribution < 1.29 is 9.59 Å². The molecule has 0 unspecified atom stereocenters. The lowest BCUT2D eigenvalue weighted by Crippen LogP contribution is -2.46. The lowest BCUT2D eigenvalue weighted by Gasteiger charge is -2.16. The molecule has 1 rings (SSSR count). The number of carbonyl (C=O) groups is 2. The molecule has 4 nitrogen and oxygen atoms in total. The van der Waals surface area contributed by atoms with E-state index in [-0.39, 0.29) is 23.8 Å². The molecule has 1 aliphatic heterocycles. The van der Waals surface area contributed by atoms with E-state index in [0.717, 1.165) is 25.8 Å². The first-order chi connectivity index (χ1) is 6.61. The first-order valence-electron chi connectivity index (χ1n) is 5.19. The van der Waals surface area contributed by atoms with Gasteiger partial charge in [0.25, 0.3) is 0 Å². The largest absolute Gasteiger partial charge is 0.354 e. The van der Waals surface area contributed by atoms with Crippen LogP contribution >= 0.6 is 0 Å². The molecule has 0 aromatic carbocycles. The van der Waals surface area contributed by atoms with Gasteiger partial charge in [0.2, 0.25) is 11.8 Å². The van der Waals surface area contributed by atoms with Crippen LogP contribution in [0.2, 0.25) is 0 Å². The Morgan fingerprint density at radius 3 is 2.86 bits per heavy atom. The fraction of sp³-hybridized carbons (Fsp3) is 0.800. The molecule has 1 fully saturated rings. The second-order valence-electron chi connectivity index (χ2n) is 4.00. The van der Waals surface area contributed by atoms with Crippen LogP contribution < -0.4 is 10.6 Å². The van der Waals surface area contributed by atoms with Crippen molar-refractivity contribution >= 4 is 11.8 Å². The van der Waals surface area contributed by atoms with Crippen molar-refractivity contribution in [1.29, 1.82) is 0 Å². The maximum absolute atomic E-state index is 11.4. The van der Waals surface area contributed by atoms with Gasteiger partial charge >= 0.3 is 0 Å². The van der Waals surface area contributed by atoms with Crippen molar-refractivity contribution in [3.8, 4) is 0 Å². The summed E-state index contributed by atoms with van der Waals surface area (Å²) in [6.45, 7) is 4.38. The van der Waals surface area contributed by atoms with E-state index in [4.69, 9.17) is 0 Å². The van der Waals surface area contributed by atoms with E-state index >= 15 is 0 Å². The number of nitrogens with one attached hydrogen (secondary N) is 2. The summed E-state index contributed by atoms with van der Waals surface area (Å²) >= 11 is 0. The summed E-state index contributed by atoms with van der Waals surface area (Å²) in [4.78, 5) is 22.8. The molecule has 2 N–H and O–H groups in total. The number of carbonyl (C=O) groups excluding carboxylic acids is 2. The third-order valence-corrected chi connectivity index (χ3v) is 2.38. The molecule has 4 heteroatoms. The van der Waals surface area contributed by atoms with Crippen molar-refractivity contribution in [3.05, 3.63) is 0 Å². The van der Waals surface area contributed by atoms with Crippen molar-refractivity contribution in [2.75, 3.05) is 6.54 Å². The summed E-state index contributed by atoms with van der Waals surface area (Å²) in [7, 11) is 0. The Labute approximate surface area is 84.4 Å². The maximum atomic E-state index is 11.4. The summed E-state index contributed by atoms with van der Waals surface area (Å²) in [6, 6.07) is -0.326. The molecular weight excluding hydrogens is 180 g/mol. The van der Waals surface area contributed by atoms with Gasteiger partial charge in [-0.15, -0.1) is 0 Å². The van der Waals surface area contributed by atoms with Crippen LogP contribution in [0.4, 0.5) is 0 Å². The highest BCUT2D eigenvalue weighted by molar-refractivity contribution is 5.88. The van der Waals surface area contributed by atoms with Gasteiger partial charge in [-0.3, -0.25) is 9.59 Å². The van der Waals surface area contributed by atoms with Gasteiger partial charge < -0.3 is 10.6 Å². The summed E-state index contributed by atoms with van der Waals surface area (Å²) in [5, 5.41) is 5.54. The molecule has 0 saturated carbocycles. The lowest BCUT2D eigenvalue weighted by molar-refractivity contribution is -0.130. The normalized spacial score (nSPS) is 22.8. The first kappa shape index (κ1) is 11.0. The summed E-state index contributed by atoms with van der Waals surface area (Å²) in [5.41, 5.74) is 0. The minimum absolute atomic E-state index is 0.0449. The SMILES string of the molecule is CC(C)C(=O)N[C@H]1CCCCNC1=O. The van der Waals surface area contributed by atoms with Crippen molar-refractivity contribution in [3.63, 3.8) is 0 Å². The molecule has 1 saturated heterocycles. The monoisotopic (exact) mass is 198 g/mol. The Balaban J connectivity index is 2.48. The van der Waals surface area contributed by atoms with Gasteiger partial charge in [-0.05, 0) is 19.3 Å². The van der Waals surface area contributed by atoms with Gasteiger partial charge in [0.15, 0.2) is 0 Å². The molecule has 1 aliphatic rings. The molecule has 1 heterocycles. The molecule has 2 amide bonds. The summed E-state index contributed by atoms with van der Waals surface area (Å²) in [6.07, 6.45) is 2.74. The van der Waals surface area contributed by atoms with E-state index in [1.54, 1.807) is 0 Å². The molecule has 0 bridgehead atoms. The fourth-order valence-electron chi connectivity index (χ4n) is 1.42. The van der Waals surface area contributed by atoms with Crippen LogP contribution in [0.15, 0.2) is 0 Å². The molecule has 0 aliphatic carbocycles. The Hall–Kier alpha value is -1.06. The van der Waals surface area contributed by atoms with Gasteiger partial charge in [-0.25, -0.2) is 0 Å². The minimum Gasteiger partial charge on any atom is -0.354 e. The van der Waals surface area contributed by atoms with E-state index in [0.29, 0.717) is 0 Å². The van der Waals surface area contributed by atoms with Gasteiger partial charge in [0.05, 0.1) is 0 Å². The molecule has 0 radical (unpaired) electrons. The van der Waals surface area contributed by atoms with Crippen LogP contribution in [-0.2, 0) is 9.59 Å². The predicted molar refractivity (Wildman–Crippen MR) is 53.6 cm³/mol. The lowest BCUT2D eigenvalue weighted by atomic mass is 10.1. The number of rotatable bonds is 2. The highest BCUT2D eigenvalue weighted by Gasteiger charge is 2.22. The highest BCUT2D eigenvalue weighted by atomic mass is 16.2. The van der Waals surface area contributed by atoms with E-state index in [2.05, 4.69) is 10.6 Å². The molecule has 0 spiro atoms. The average Bonchev–Trinajstić information content (AvgIpc) is 2.32. The number of hydrogen-bond donors (Lipinski definition) is 2. The zero-order chi connectivity index (χ0) is 10.6. The molecule has 80 valence electrons. The fourth-order valence-corrected chi connectivity index (χ4v) is 1.42. The van der Waals surface area contributed by atoms with E-state index in [9.17, 15) is 9.59 Å². The van der Waals surface area contributed by atoms with Crippen molar-refractivity contribution in [2.45, 2.75) is 39.2 Å². The number of amides is 2. The predicted octanol–water partition coefficient (Wildman–Crippen LogP) is 0.427. The molecule has 1 atom stereocenters. The van der Waals surface area contributed by atoms with Crippen LogP contribution in [0, 0.1) is 5.92 Å². The Morgan fingerprint density at radius 1 is 1.50 bits per heavy atom. The van der Waals surface area contributed by atoms with Crippen LogP contribution in [0.3, 0.4) is 0 Å². The topological polar surface area (TPSA) is 58.2 Å². The molecule has 0 aromatic heterocycles. The smallest absolute Gasteiger partial charge is 0.242 e. The first-order valence-corrected chi connectivity index (χ1v) is 5.19. The standard InChI is InChI=1S/C10H18N2O2/c1-7(2)9(13)12-8-5-3-4-6-11-10(8)14/h7-8H,3-6H2,1-2H3,(H,11,14)(H,12,13)/t8-/m0/s1. The molecular formula is C10H18N2O2. The van der Waals surface area contributed by atoms with Crippen molar-refractivity contribution in [1.82, 2.24) is 10.6 Å². The second-order valence-corrected chi connectivity index (χ2v) is 4.00. The van der Waals surface area contributed by atoms with Gasteiger partial charge in [-0.1, -0.05) is 13.8 Å². The van der Waals surface area contributed by atoms with Gasteiger partial charge in [-0.2, -0.15) is 0 Å². The second kappa shape index (κ2) is 4.98. The summed E-state index contributed by atoms with van der Waals surface area (Å²) in [5.74, 6) is -0.158. The van der Waals surface area contributed by atoms with Crippen LogP contribution in [-0.4, -0.2) is 24.4 Å². The quantitative estimate of drug-likeness (QED) is 0.676. The van der Waals surface area contributed by atoms with Crippen LogP contribution in [0.5, 0.6) is 0 Å². The highest BCUT2D eigenvalue weighted by Crippen LogP contribution is 2.06. The van der Waals surface area contributed by atoms with Crippen LogP contribution in [0.25, 0.3) is 0 Å². The minimum atomic E-state index is -0.326. The van der Waals surface area contributed by atoms with Crippen LogP contribution in [0.1, 0.15) is 33.1 Å². The van der Waals surface area contributed by atoms with E-state index in [1.807, 2.05) is 13.8 Å². The van der Waals surface area contributed by atoms with Gasteiger partial charge in [0.1, 0.15) is 6.04 Å². The Bertz CT molecular complexity index is 226. The third-order valence-electron chi connectivity index (χ3n) is 2.38. The number of hydrogen-bond acceptors (Lipinski definition) is 2. The average molecular weight is 198 g/mol. The van der Waals surface area contributed by atoms with E-state index < -0.39 is 0 Å². The zero-order valence-electron chi connectivity index (χ0n) is 8.80. The van der Waals surface area contributed by atoms with Crippen molar-refractivity contribution in [2.24, 2.45) is 5.92 Å². The van der Waals surface area contributed by atoms with E-state index in [1.165, 1.54) is 0 Å². The summed E-state index contributed by atoms with van der Waals surface area (Å²) < 4.78 is 0.